The first-order valence-electron chi connectivity index (χ1n) is 10.1. The van der Waals surface area contributed by atoms with Gasteiger partial charge in [-0.3, -0.25) is 14.7 Å². The van der Waals surface area contributed by atoms with E-state index in [2.05, 4.69) is 25.7 Å². The zero-order valence-electron chi connectivity index (χ0n) is 17.9. The van der Waals surface area contributed by atoms with E-state index in [1.165, 1.54) is 17.8 Å². The van der Waals surface area contributed by atoms with Crippen molar-refractivity contribution in [3.05, 3.63) is 72.1 Å². The van der Waals surface area contributed by atoms with E-state index < -0.39 is 5.82 Å². The third-order valence-electron chi connectivity index (χ3n) is 4.42. The first-order valence-corrected chi connectivity index (χ1v) is 11.1. The fourth-order valence-corrected chi connectivity index (χ4v) is 3.60. The van der Waals surface area contributed by atoms with Crippen molar-refractivity contribution in [2.45, 2.75) is 31.5 Å². The summed E-state index contributed by atoms with van der Waals surface area (Å²) < 4.78 is 26.7. The van der Waals surface area contributed by atoms with Gasteiger partial charge in [0.2, 0.25) is 11.8 Å². The first-order chi connectivity index (χ1) is 16.0. The number of rotatable bonds is 9. The maximum atomic E-state index is 13.9. The van der Waals surface area contributed by atoms with Crippen molar-refractivity contribution >= 4 is 23.7 Å². The van der Waals surface area contributed by atoms with Gasteiger partial charge in [-0.1, -0.05) is 61.0 Å². The van der Waals surface area contributed by atoms with Gasteiger partial charge in [0.1, 0.15) is 6.61 Å². The van der Waals surface area contributed by atoms with Crippen LogP contribution in [0, 0.1) is 5.82 Å². The van der Waals surface area contributed by atoms with Crippen LogP contribution < -0.4 is 10.1 Å². The van der Waals surface area contributed by atoms with Crippen LogP contribution >= 0.6 is 11.8 Å². The van der Waals surface area contributed by atoms with Gasteiger partial charge in [0.25, 0.3) is 0 Å². The Labute approximate surface area is 193 Å². The molecule has 0 aliphatic rings. The van der Waals surface area contributed by atoms with Crippen molar-refractivity contribution in [3.63, 3.8) is 0 Å². The number of carbonyl (C=O) groups excluding carboxylic acids is 1. The van der Waals surface area contributed by atoms with Gasteiger partial charge in [-0.2, -0.15) is 0 Å². The van der Waals surface area contributed by atoms with Crippen LogP contribution in [0.2, 0.25) is 0 Å². The van der Waals surface area contributed by atoms with Gasteiger partial charge in [0.15, 0.2) is 22.5 Å². The Kier molecular flexibility index (Phi) is 6.98. The van der Waals surface area contributed by atoms with E-state index in [-0.39, 0.29) is 35.9 Å². The molecule has 1 N–H and O–H groups in total. The molecule has 33 heavy (non-hydrogen) atoms. The lowest BCUT2D eigenvalue weighted by Crippen LogP contribution is -2.15. The topological polar surface area (TPSA) is 108 Å². The minimum Gasteiger partial charge on any atom is -0.483 e. The van der Waals surface area contributed by atoms with E-state index in [0.717, 1.165) is 5.69 Å². The predicted molar refractivity (Wildman–Crippen MR) is 120 cm³/mol. The summed E-state index contributed by atoms with van der Waals surface area (Å²) >= 11 is 1.19. The number of benzene rings is 2. The van der Waals surface area contributed by atoms with Gasteiger partial charge >= 0.3 is 6.01 Å². The molecule has 1 amide bonds. The fourth-order valence-electron chi connectivity index (χ4n) is 2.83. The average Bonchev–Trinajstić information content (AvgIpc) is 3.45. The molecule has 0 fully saturated rings. The standard InChI is InChI=1S/C22H21FN6O3S/c1-14(2)20-26-27-21(32-20)24-19(30)13-33-22-28-25-18(29(22)15-8-4-3-5-9-15)12-31-17-11-7-6-10-16(17)23/h3-11,14H,12-13H2,1-2H3,(H,24,27,30). The third kappa shape index (κ3) is 5.55. The number of halogens is 1. The quantitative estimate of drug-likeness (QED) is 0.364. The van der Waals surface area contributed by atoms with Crippen LogP contribution in [0.5, 0.6) is 5.75 Å². The Morgan fingerprint density at radius 1 is 1.09 bits per heavy atom. The summed E-state index contributed by atoms with van der Waals surface area (Å²) in [6.07, 6.45) is 0. The van der Waals surface area contributed by atoms with Crippen molar-refractivity contribution in [2.24, 2.45) is 0 Å². The lowest BCUT2D eigenvalue weighted by molar-refractivity contribution is -0.113. The molecule has 0 aliphatic carbocycles. The van der Waals surface area contributed by atoms with Crippen molar-refractivity contribution in [2.75, 3.05) is 11.1 Å². The van der Waals surface area contributed by atoms with Crippen LogP contribution in [0.4, 0.5) is 10.4 Å². The summed E-state index contributed by atoms with van der Waals surface area (Å²) in [4.78, 5) is 12.4. The van der Waals surface area contributed by atoms with E-state index in [1.54, 1.807) is 22.8 Å². The monoisotopic (exact) mass is 468 g/mol. The maximum absolute atomic E-state index is 13.9. The molecule has 2 aromatic carbocycles. The van der Waals surface area contributed by atoms with Crippen LogP contribution in [-0.2, 0) is 11.4 Å². The molecule has 0 radical (unpaired) electrons. The van der Waals surface area contributed by atoms with Crippen LogP contribution in [0.25, 0.3) is 5.69 Å². The highest BCUT2D eigenvalue weighted by Crippen LogP contribution is 2.24. The molecule has 0 atom stereocenters. The number of hydrogen-bond acceptors (Lipinski definition) is 8. The second-order valence-corrected chi connectivity index (χ2v) is 8.17. The molecule has 2 heterocycles. The number of para-hydroxylation sites is 2. The summed E-state index contributed by atoms with van der Waals surface area (Å²) in [6, 6.07) is 15.6. The Morgan fingerprint density at radius 2 is 1.85 bits per heavy atom. The molecule has 170 valence electrons. The first kappa shape index (κ1) is 22.5. The Morgan fingerprint density at radius 3 is 2.58 bits per heavy atom. The van der Waals surface area contributed by atoms with E-state index in [0.29, 0.717) is 16.9 Å². The summed E-state index contributed by atoms with van der Waals surface area (Å²) in [5.41, 5.74) is 0.788. The normalized spacial score (nSPS) is 11.0. The molecule has 0 saturated carbocycles. The average molecular weight is 469 g/mol. The second-order valence-electron chi connectivity index (χ2n) is 7.23. The molecule has 0 spiro atoms. The number of thioether (sulfide) groups is 1. The smallest absolute Gasteiger partial charge is 0.322 e. The number of nitrogens with one attached hydrogen (secondary N) is 1. The SMILES string of the molecule is CC(C)c1nnc(NC(=O)CSc2nnc(COc3ccccc3F)n2-c2ccccc2)o1. The molecule has 0 aliphatic heterocycles. The number of aromatic nitrogens is 5. The molecule has 11 heteroatoms. The Balaban J connectivity index is 1.48. The van der Waals surface area contributed by atoms with Gasteiger partial charge in [0.05, 0.1) is 5.75 Å². The number of anilines is 1. The molecule has 4 aromatic rings. The highest BCUT2D eigenvalue weighted by molar-refractivity contribution is 7.99. The number of amides is 1. The van der Waals surface area contributed by atoms with Crippen molar-refractivity contribution in [1.82, 2.24) is 25.0 Å². The summed E-state index contributed by atoms with van der Waals surface area (Å²) in [5.74, 6) is 0.341. The van der Waals surface area contributed by atoms with Gasteiger partial charge in [-0.25, -0.2) is 4.39 Å². The maximum Gasteiger partial charge on any atom is 0.322 e. The molecule has 4 rings (SSSR count). The highest BCUT2D eigenvalue weighted by Gasteiger charge is 2.18. The molecule has 0 saturated heterocycles. The Bertz CT molecular complexity index is 1230. The number of hydrogen-bond donors (Lipinski definition) is 1. The van der Waals surface area contributed by atoms with E-state index >= 15 is 0 Å². The van der Waals surface area contributed by atoms with Crippen LogP contribution in [-0.4, -0.2) is 36.6 Å². The summed E-state index contributed by atoms with van der Waals surface area (Å²) in [6.45, 7) is 3.83. The zero-order valence-corrected chi connectivity index (χ0v) is 18.8. The third-order valence-corrected chi connectivity index (χ3v) is 5.35. The minimum atomic E-state index is -0.462. The van der Waals surface area contributed by atoms with Gasteiger partial charge in [0, 0.05) is 11.6 Å². The van der Waals surface area contributed by atoms with Crippen molar-refractivity contribution in [1.29, 1.82) is 0 Å². The molecule has 2 aromatic heterocycles. The fraction of sp³-hybridized carbons (Fsp3) is 0.227. The number of nitrogens with zero attached hydrogens (tertiary/aromatic N) is 5. The van der Waals surface area contributed by atoms with Crippen molar-refractivity contribution in [3.8, 4) is 11.4 Å². The van der Waals surface area contributed by atoms with Gasteiger partial charge < -0.3 is 9.15 Å². The summed E-state index contributed by atoms with van der Waals surface area (Å²) in [7, 11) is 0. The number of carbonyl (C=O) groups is 1. The zero-order chi connectivity index (χ0) is 23.2. The van der Waals surface area contributed by atoms with E-state index in [9.17, 15) is 9.18 Å². The van der Waals surface area contributed by atoms with Crippen LogP contribution in [0.1, 0.15) is 31.5 Å². The van der Waals surface area contributed by atoms with Gasteiger partial charge in [-0.05, 0) is 24.3 Å². The van der Waals surface area contributed by atoms with Crippen molar-refractivity contribution < 1.29 is 18.3 Å². The number of ether oxygens (including phenoxy) is 1. The molecule has 0 bridgehead atoms. The summed E-state index contributed by atoms with van der Waals surface area (Å²) in [5, 5.41) is 19.2. The van der Waals surface area contributed by atoms with Crippen LogP contribution in [0.3, 0.4) is 0 Å². The molecule has 0 unspecified atom stereocenters. The molecule has 9 nitrogen and oxygen atoms in total. The minimum absolute atomic E-state index is 0.00442. The van der Waals surface area contributed by atoms with Gasteiger partial charge in [-0.15, -0.1) is 15.3 Å². The second kappa shape index (κ2) is 10.3. The van der Waals surface area contributed by atoms with E-state index in [4.69, 9.17) is 9.15 Å². The lowest BCUT2D eigenvalue weighted by Gasteiger charge is -2.11. The molecular formula is C22H21FN6O3S. The highest BCUT2D eigenvalue weighted by atomic mass is 32.2. The largest absolute Gasteiger partial charge is 0.483 e. The lowest BCUT2D eigenvalue weighted by atomic mass is 10.2. The van der Waals surface area contributed by atoms with E-state index in [1.807, 2.05) is 44.2 Å². The molecular weight excluding hydrogens is 447 g/mol. The Hall–Kier alpha value is -3.73. The predicted octanol–water partition coefficient (Wildman–Crippen LogP) is 4.22. The van der Waals surface area contributed by atoms with Crippen LogP contribution in [0.15, 0.2) is 64.2 Å².